The molecule has 0 saturated heterocycles. The summed E-state index contributed by atoms with van der Waals surface area (Å²) in [6.07, 6.45) is 5.20. The summed E-state index contributed by atoms with van der Waals surface area (Å²) in [5, 5.41) is 13.9. The van der Waals surface area contributed by atoms with E-state index in [2.05, 4.69) is 24.2 Å². The zero-order chi connectivity index (χ0) is 15.4. The smallest absolute Gasteiger partial charge is 0.292 e. The van der Waals surface area contributed by atoms with Crippen LogP contribution in [0.2, 0.25) is 0 Å². The number of hydrogen-bond donors (Lipinski definition) is 1. The second-order valence-corrected chi connectivity index (χ2v) is 6.10. The van der Waals surface area contributed by atoms with Gasteiger partial charge >= 0.3 is 0 Å². The molecule has 1 aliphatic carbocycles. The van der Waals surface area contributed by atoms with E-state index < -0.39 is 0 Å². The van der Waals surface area contributed by atoms with Crippen molar-refractivity contribution in [3.05, 3.63) is 33.9 Å². The fourth-order valence-corrected chi connectivity index (χ4v) is 3.40. The molecule has 116 valence electrons. The van der Waals surface area contributed by atoms with Crippen LogP contribution < -0.4 is 5.32 Å². The third-order valence-corrected chi connectivity index (χ3v) is 4.59. The lowest BCUT2D eigenvalue weighted by molar-refractivity contribution is -0.384. The molecule has 0 radical (unpaired) electrons. The third kappa shape index (κ3) is 3.73. The van der Waals surface area contributed by atoms with Gasteiger partial charge in [-0.05, 0) is 37.4 Å². The summed E-state index contributed by atoms with van der Waals surface area (Å²) >= 11 is 0. The van der Waals surface area contributed by atoms with Gasteiger partial charge in [0.15, 0.2) is 0 Å². The van der Waals surface area contributed by atoms with Crippen molar-refractivity contribution in [3.8, 4) is 0 Å². The Bertz CT molecular complexity index is 504. The Morgan fingerprint density at radius 2 is 2.10 bits per heavy atom. The molecule has 1 N–H and O–H groups in total. The maximum absolute atomic E-state index is 11.0. The van der Waals surface area contributed by atoms with Crippen LogP contribution in [0.15, 0.2) is 18.2 Å². The van der Waals surface area contributed by atoms with Crippen molar-refractivity contribution >= 4 is 11.4 Å². The molecule has 1 aromatic carbocycles. The molecule has 2 unspecified atom stereocenters. The molecule has 2 atom stereocenters. The van der Waals surface area contributed by atoms with Crippen LogP contribution in [0.3, 0.4) is 0 Å². The van der Waals surface area contributed by atoms with E-state index >= 15 is 0 Å². The minimum absolute atomic E-state index is 0.134. The molecule has 2 rings (SSSR count). The fraction of sp³-hybridized carbons (Fsp3) is 0.625. The largest absolute Gasteiger partial charge is 0.383 e. The van der Waals surface area contributed by atoms with E-state index in [-0.39, 0.29) is 10.6 Å². The number of nitrogens with one attached hydrogen (secondary N) is 1. The Morgan fingerprint density at radius 3 is 2.71 bits per heavy atom. The number of rotatable bonds is 5. The summed E-state index contributed by atoms with van der Waals surface area (Å²) in [5.74, 6) is 0.727. The maximum atomic E-state index is 11.0. The van der Waals surface area contributed by atoms with Crippen LogP contribution >= 0.6 is 0 Å². The molecule has 0 amide bonds. The average Bonchev–Trinajstić information content (AvgIpc) is 2.47. The van der Waals surface area contributed by atoms with Crippen molar-refractivity contribution in [3.63, 3.8) is 0 Å². The number of nitro benzene ring substituents is 1. The first kappa shape index (κ1) is 15.8. The fourth-order valence-electron chi connectivity index (χ4n) is 3.40. The van der Waals surface area contributed by atoms with Gasteiger partial charge in [0.2, 0.25) is 0 Å². The van der Waals surface area contributed by atoms with Gasteiger partial charge in [-0.25, -0.2) is 0 Å². The highest BCUT2D eigenvalue weighted by atomic mass is 16.6. The zero-order valence-electron chi connectivity index (χ0n) is 13.1. The van der Waals surface area contributed by atoms with Crippen LogP contribution in [0.5, 0.6) is 0 Å². The summed E-state index contributed by atoms with van der Waals surface area (Å²) in [5.41, 5.74) is 1.84. The minimum atomic E-state index is -0.345. The molecule has 0 heterocycles. The van der Waals surface area contributed by atoms with Crippen molar-refractivity contribution in [1.82, 2.24) is 4.90 Å². The Morgan fingerprint density at radius 1 is 1.38 bits per heavy atom. The second kappa shape index (κ2) is 6.89. The molecule has 1 saturated carbocycles. The Balaban J connectivity index is 2.10. The third-order valence-electron chi connectivity index (χ3n) is 4.59. The highest BCUT2D eigenvalue weighted by Gasteiger charge is 2.25. The highest BCUT2D eigenvalue weighted by Crippen LogP contribution is 2.30. The normalized spacial score (nSPS) is 22.3. The molecule has 1 aliphatic rings. The lowest BCUT2D eigenvalue weighted by Gasteiger charge is -2.36. The first-order valence-electron chi connectivity index (χ1n) is 7.68. The zero-order valence-corrected chi connectivity index (χ0v) is 13.1. The van der Waals surface area contributed by atoms with Gasteiger partial charge in [-0.15, -0.1) is 0 Å². The van der Waals surface area contributed by atoms with E-state index in [1.54, 1.807) is 13.1 Å². The van der Waals surface area contributed by atoms with Crippen LogP contribution in [-0.4, -0.2) is 30.0 Å². The van der Waals surface area contributed by atoms with Crippen molar-refractivity contribution in [2.24, 2.45) is 5.92 Å². The molecule has 5 nitrogen and oxygen atoms in total. The number of nitrogens with zero attached hydrogens (tertiary/aromatic N) is 2. The molecule has 0 spiro atoms. The summed E-state index contributed by atoms with van der Waals surface area (Å²) in [6.45, 7) is 3.16. The summed E-state index contributed by atoms with van der Waals surface area (Å²) in [7, 11) is 3.88. The van der Waals surface area contributed by atoms with Gasteiger partial charge in [-0.2, -0.15) is 0 Å². The Labute approximate surface area is 126 Å². The van der Waals surface area contributed by atoms with Crippen molar-refractivity contribution in [2.75, 3.05) is 19.4 Å². The number of hydrogen-bond acceptors (Lipinski definition) is 4. The van der Waals surface area contributed by atoms with E-state index in [1.165, 1.54) is 25.7 Å². The number of benzene rings is 1. The Hall–Kier alpha value is -1.62. The maximum Gasteiger partial charge on any atom is 0.292 e. The molecule has 5 heteroatoms. The van der Waals surface area contributed by atoms with Crippen molar-refractivity contribution in [2.45, 2.75) is 45.2 Å². The van der Waals surface area contributed by atoms with E-state index in [4.69, 9.17) is 0 Å². The quantitative estimate of drug-likeness (QED) is 0.664. The first-order valence-corrected chi connectivity index (χ1v) is 7.68. The van der Waals surface area contributed by atoms with Gasteiger partial charge in [-0.3, -0.25) is 15.0 Å². The van der Waals surface area contributed by atoms with Gasteiger partial charge in [0.25, 0.3) is 5.69 Å². The predicted octanol–water partition coefficient (Wildman–Crippen LogP) is 3.65. The van der Waals surface area contributed by atoms with E-state index in [9.17, 15) is 10.1 Å². The van der Waals surface area contributed by atoms with Gasteiger partial charge in [0.1, 0.15) is 5.69 Å². The topological polar surface area (TPSA) is 58.4 Å². The summed E-state index contributed by atoms with van der Waals surface area (Å²) in [6, 6.07) is 5.97. The van der Waals surface area contributed by atoms with Gasteiger partial charge < -0.3 is 5.32 Å². The van der Waals surface area contributed by atoms with E-state index in [1.807, 2.05) is 12.1 Å². The summed E-state index contributed by atoms with van der Waals surface area (Å²) in [4.78, 5) is 13.0. The molecule has 0 aliphatic heterocycles. The van der Waals surface area contributed by atoms with Crippen LogP contribution in [0.1, 0.15) is 38.2 Å². The van der Waals surface area contributed by atoms with Gasteiger partial charge in [0, 0.05) is 25.7 Å². The summed E-state index contributed by atoms with van der Waals surface area (Å²) < 4.78 is 0. The van der Waals surface area contributed by atoms with Crippen LogP contribution in [0.4, 0.5) is 11.4 Å². The lowest BCUT2D eigenvalue weighted by atomic mass is 9.85. The van der Waals surface area contributed by atoms with Crippen LogP contribution in [0.25, 0.3) is 0 Å². The monoisotopic (exact) mass is 291 g/mol. The number of anilines is 1. The standard InChI is InChI=1S/C16H25N3O2/c1-12-6-4-5-7-15(12)18(3)11-13-8-9-16(19(20)21)14(10-13)17-2/h8-10,12,15,17H,4-7,11H2,1-3H3. The van der Waals surface area contributed by atoms with E-state index in [0.717, 1.165) is 18.0 Å². The van der Waals surface area contributed by atoms with Crippen molar-refractivity contribution in [1.29, 1.82) is 0 Å². The van der Waals surface area contributed by atoms with Crippen LogP contribution in [-0.2, 0) is 6.54 Å². The Kier molecular flexibility index (Phi) is 5.17. The molecule has 1 fully saturated rings. The average molecular weight is 291 g/mol. The molecule has 21 heavy (non-hydrogen) atoms. The number of nitro groups is 1. The minimum Gasteiger partial charge on any atom is -0.383 e. The highest BCUT2D eigenvalue weighted by molar-refractivity contribution is 5.62. The second-order valence-electron chi connectivity index (χ2n) is 6.10. The molecule has 1 aromatic rings. The lowest BCUT2D eigenvalue weighted by Crippen LogP contribution is -2.38. The molecular weight excluding hydrogens is 266 g/mol. The first-order chi connectivity index (χ1) is 10.0. The predicted molar refractivity (Wildman–Crippen MR) is 85.5 cm³/mol. The van der Waals surface area contributed by atoms with Crippen LogP contribution in [0, 0.1) is 16.0 Å². The molecular formula is C16H25N3O2. The van der Waals surface area contributed by atoms with Gasteiger partial charge in [0.05, 0.1) is 4.92 Å². The molecule has 0 aromatic heterocycles. The van der Waals surface area contributed by atoms with Gasteiger partial charge in [-0.1, -0.05) is 25.8 Å². The SMILES string of the molecule is CNc1cc(CN(C)C2CCCCC2C)ccc1[N+](=O)[O-]. The van der Waals surface area contributed by atoms with Crippen molar-refractivity contribution < 1.29 is 4.92 Å². The van der Waals surface area contributed by atoms with E-state index in [0.29, 0.717) is 11.7 Å². The molecule has 0 bridgehead atoms.